The number of ether oxygens (including phenoxy) is 1. The van der Waals surface area contributed by atoms with Crippen molar-refractivity contribution in [1.82, 2.24) is 9.38 Å². The normalized spacial score (nSPS) is 11.1. The second kappa shape index (κ2) is 6.10. The molecule has 0 fully saturated rings. The van der Waals surface area contributed by atoms with Gasteiger partial charge in [-0.05, 0) is 53.7 Å². The fourth-order valence-electron chi connectivity index (χ4n) is 2.67. The number of halogens is 1. The highest BCUT2D eigenvalue weighted by molar-refractivity contribution is 9.10. The summed E-state index contributed by atoms with van der Waals surface area (Å²) in [4.78, 5) is 4.73. The van der Waals surface area contributed by atoms with Gasteiger partial charge in [-0.2, -0.15) is 0 Å². The quantitative estimate of drug-likeness (QED) is 0.774. The molecule has 4 nitrogen and oxygen atoms in total. The van der Waals surface area contributed by atoms with Crippen LogP contribution in [-0.4, -0.2) is 23.0 Å². The van der Waals surface area contributed by atoms with E-state index in [0.717, 1.165) is 39.2 Å². The Morgan fingerprint density at radius 3 is 2.82 bits per heavy atom. The zero-order chi connectivity index (χ0) is 15.7. The Morgan fingerprint density at radius 1 is 1.27 bits per heavy atom. The summed E-state index contributed by atoms with van der Waals surface area (Å²) in [7, 11) is 1.69. The molecule has 0 unspecified atom stereocenters. The maximum atomic E-state index is 5.77. The molecular formula is C17H18BrN3O. The summed E-state index contributed by atoms with van der Waals surface area (Å²) in [5.41, 5.74) is 10.9. The van der Waals surface area contributed by atoms with Crippen molar-refractivity contribution in [3.05, 3.63) is 52.3 Å². The highest BCUT2D eigenvalue weighted by Gasteiger charge is 2.17. The Kier molecular flexibility index (Phi) is 4.18. The van der Waals surface area contributed by atoms with Gasteiger partial charge < -0.3 is 10.5 Å². The molecule has 0 aliphatic carbocycles. The van der Waals surface area contributed by atoms with Gasteiger partial charge in [-0.3, -0.25) is 4.40 Å². The summed E-state index contributed by atoms with van der Waals surface area (Å²) < 4.78 is 8.65. The number of benzene rings is 1. The third-order valence-electron chi connectivity index (χ3n) is 3.65. The highest BCUT2D eigenvalue weighted by atomic mass is 79.9. The molecular weight excluding hydrogens is 342 g/mol. The van der Waals surface area contributed by atoms with Gasteiger partial charge in [0.1, 0.15) is 11.4 Å². The number of aryl methyl sites for hydroxylation is 1. The van der Waals surface area contributed by atoms with Gasteiger partial charge >= 0.3 is 0 Å². The molecule has 2 heterocycles. The van der Waals surface area contributed by atoms with Crippen LogP contribution in [0.2, 0.25) is 0 Å². The molecule has 0 spiro atoms. The van der Waals surface area contributed by atoms with Crippen LogP contribution in [0.5, 0.6) is 5.75 Å². The number of methoxy groups -OCH3 is 1. The lowest BCUT2D eigenvalue weighted by molar-refractivity contribution is 0.416. The molecule has 3 rings (SSSR count). The van der Waals surface area contributed by atoms with Crippen LogP contribution >= 0.6 is 15.9 Å². The Morgan fingerprint density at radius 2 is 2.09 bits per heavy atom. The van der Waals surface area contributed by atoms with Crippen molar-refractivity contribution >= 4 is 21.6 Å². The third-order valence-corrected chi connectivity index (χ3v) is 4.11. The smallest absolute Gasteiger partial charge is 0.137 e. The zero-order valence-corrected chi connectivity index (χ0v) is 14.2. The van der Waals surface area contributed by atoms with Gasteiger partial charge in [0.05, 0.1) is 18.5 Å². The van der Waals surface area contributed by atoms with E-state index in [1.807, 2.05) is 30.5 Å². The summed E-state index contributed by atoms with van der Waals surface area (Å²) in [6.07, 6.45) is 2.76. The van der Waals surface area contributed by atoms with Crippen molar-refractivity contribution in [2.75, 3.05) is 13.7 Å². The summed E-state index contributed by atoms with van der Waals surface area (Å²) in [5.74, 6) is 0.839. The van der Waals surface area contributed by atoms with E-state index >= 15 is 0 Å². The summed E-state index contributed by atoms with van der Waals surface area (Å²) in [5, 5.41) is 0. The molecule has 2 N–H and O–H groups in total. The van der Waals surface area contributed by atoms with Crippen LogP contribution in [0.1, 0.15) is 11.3 Å². The average Bonchev–Trinajstić information content (AvgIpc) is 2.84. The standard InChI is InChI=1S/C17H18BrN3O/c1-11-3-5-15(22-2)13(9-11)17-14(7-8-19)20-16-6-4-12(18)10-21(16)17/h3-6,9-10H,7-8,19H2,1-2H3. The van der Waals surface area contributed by atoms with Gasteiger partial charge in [-0.15, -0.1) is 0 Å². The molecule has 0 bridgehead atoms. The predicted molar refractivity (Wildman–Crippen MR) is 92.4 cm³/mol. The van der Waals surface area contributed by atoms with Crippen molar-refractivity contribution in [2.45, 2.75) is 13.3 Å². The second-order valence-corrected chi connectivity index (χ2v) is 6.14. The number of nitrogens with two attached hydrogens (primary N) is 1. The van der Waals surface area contributed by atoms with E-state index in [2.05, 4.69) is 33.3 Å². The van der Waals surface area contributed by atoms with Crippen molar-refractivity contribution < 1.29 is 4.74 Å². The number of hydrogen-bond donors (Lipinski definition) is 1. The molecule has 114 valence electrons. The highest BCUT2D eigenvalue weighted by Crippen LogP contribution is 2.34. The van der Waals surface area contributed by atoms with Gasteiger partial charge in [0.2, 0.25) is 0 Å². The van der Waals surface area contributed by atoms with Crippen molar-refractivity contribution in [2.24, 2.45) is 5.73 Å². The fourth-order valence-corrected chi connectivity index (χ4v) is 3.01. The molecule has 0 amide bonds. The van der Waals surface area contributed by atoms with Crippen LogP contribution in [0.15, 0.2) is 41.0 Å². The van der Waals surface area contributed by atoms with Crippen LogP contribution in [0, 0.1) is 6.92 Å². The number of fused-ring (bicyclic) bond motifs is 1. The van der Waals surface area contributed by atoms with Crippen LogP contribution in [0.4, 0.5) is 0 Å². The van der Waals surface area contributed by atoms with E-state index < -0.39 is 0 Å². The minimum absolute atomic E-state index is 0.562. The Bertz CT molecular complexity index is 826. The molecule has 0 radical (unpaired) electrons. The lowest BCUT2D eigenvalue weighted by Gasteiger charge is -2.11. The molecule has 0 saturated heterocycles. The number of hydrogen-bond acceptors (Lipinski definition) is 3. The lowest BCUT2D eigenvalue weighted by atomic mass is 10.0. The molecule has 0 aliphatic rings. The third kappa shape index (κ3) is 2.62. The number of aromatic nitrogens is 2. The van der Waals surface area contributed by atoms with Crippen LogP contribution in [0.25, 0.3) is 16.9 Å². The number of nitrogens with zero attached hydrogens (tertiary/aromatic N) is 2. The zero-order valence-electron chi connectivity index (χ0n) is 12.6. The Hall–Kier alpha value is -1.85. The number of rotatable bonds is 4. The molecule has 22 heavy (non-hydrogen) atoms. The monoisotopic (exact) mass is 359 g/mol. The van der Waals surface area contributed by atoms with Crippen LogP contribution in [0.3, 0.4) is 0 Å². The SMILES string of the molecule is COc1ccc(C)cc1-c1c(CCN)nc2ccc(Br)cn12. The Balaban J connectivity index is 2.35. The van der Waals surface area contributed by atoms with Crippen molar-refractivity contribution in [3.63, 3.8) is 0 Å². The van der Waals surface area contributed by atoms with E-state index in [1.54, 1.807) is 7.11 Å². The second-order valence-electron chi connectivity index (χ2n) is 5.23. The molecule has 0 atom stereocenters. The van der Waals surface area contributed by atoms with Crippen molar-refractivity contribution in [3.8, 4) is 17.0 Å². The molecule has 1 aromatic carbocycles. The van der Waals surface area contributed by atoms with Gasteiger partial charge in [0.25, 0.3) is 0 Å². The predicted octanol–water partition coefficient (Wildman–Crippen LogP) is 3.58. The maximum Gasteiger partial charge on any atom is 0.137 e. The molecule has 0 saturated carbocycles. The largest absolute Gasteiger partial charge is 0.496 e. The van der Waals surface area contributed by atoms with Gasteiger partial charge in [-0.25, -0.2) is 4.98 Å². The van der Waals surface area contributed by atoms with Gasteiger partial charge in [0.15, 0.2) is 0 Å². The molecule has 0 aliphatic heterocycles. The minimum atomic E-state index is 0.562. The van der Waals surface area contributed by atoms with Gasteiger partial charge in [-0.1, -0.05) is 11.6 Å². The summed E-state index contributed by atoms with van der Waals surface area (Å²) in [6.45, 7) is 2.64. The fraction of sp³-hybridized carbons (Fsp3) is 0.235. The lowest BCUT2D eigenvalue weighted by Crippen LogP contribution is -2.05. The van der Waals surface area contributed by atoms with Crippen LogP contribution < -0.4 is 10.5 Å². The first kappa shape index (κ1) is 15.1. The van der Waals surface area contributed by atoms with Crippen LogP contribution in [-0.2, 0) is 6.42 Å². The first-order chi connectivity index (χ1) is 10.6. The molecule has 3 aromatic rings. The average molecular weight is 360 g/mol. The maximum absolute atomic E-state index is 5.77. The number of pyridine rings is 1. The topological polar surface area (TPSA) is 52.5 Å². The van der Waals surface area contributed by atoms with E-state index in [4.69, 9.17) is 15.5 Å². The molecule has 2 aromatic heterocycles. The van der Waals surface area contributed by atoms with Crippen molar-refractivity contribution in [1.29, 1.82) is 0 Å². The van der Waals surface area contributed by atoms with E-state index in [-0.39, 0.29) is 0 Å². The summed E-state index contributed by atoms with van der Waals surface area (Å²) in [6, 6.07) is 10.2. The van der Waals surface area contributed by atoms with E-state index in [9.17, 15) is 0 Å². The van der Waals surface area contributed by atoms with E-state index in [1.165, 1.54) is 5.56 Å². The first-order valence-electron chi connectivity index (χ1n) is 7.15. The summed E-state index contributed by atoms with van der Waals surface area (Å²) >= 11 is 3.53. The number of imidazole rings is 1. The Labute approximate surface area is 138 Å². The first-order valence-corrected chi connectivity index (χ1v) is 7.95. The molecule has 5 heteroatoms. The van der Waals surface area contributed by atoms with E-state index in [0.29, 0.717) is 6.54 Å². The van der Waals surface area contributed by atoms with Gasteiger partial charge in [0, 0.05) is 22.7 Å². The minimum Gasteiger partial charge on any atom is -0.496 e.